The summed E-state index contributed by atoms with van der Waals surface area (Å²) in [5.74, 6) is -0.531. The van der Waals surface area contributed by atoms with E-state index < -0.39 is 12.0 Å². The summed E-state index contributed by atoms with van der Waals surface area (Å²) in [5, 5.41) is 15.5. The lowest BCUT2D eigenvalue weighted by Crippen LogP contribution is -2.53. The van der Waals surface area contributed by atoms with Gasteiger partial charge in [-0.05, 0) is 92.2 Å². The minimum Gasteiger partial charge on any atom is -0.478 e. The smallest absolute Gasteiger partial charge is 0.335 e. The number of anilines is 2. The van der Waals surface area contributed by atoms with Crippen LogP contribution in [0.2, 0.25) is 0 Å². The number of amides is 4. The van der Waals surface area contributed by atoms with Gasteiger partial charge in [0, 0.05) is 46.7 Å². The van der Waals surface area contributed by atoms with E-state index in [-0.39, 0.29) is 23.7 Å². The molecule has 43 heavy (non-hydrogen) atoms. The maximum Gasteiger partial charge on any atom is 0.335 e. The summed E-state index contributed by atoms with van der Waals surface area (Å²) in [6.45, 7) is 1.54. The minimum absolute atomic E-state index is 0.0245. The molecule has 222 valence electrons. The van der Waals surface area contributed by atoms with E-state index in [1.54, 1.807) is 11.0 Å². The number of hydrogen-bond donors (Lipinski definition) is 5. The van der Waals surface area contributed by atoms with Crippen molar-refractivity contribution < 1.29 is 19.5 Å². The lowest BCUT2D eigenvalue weighted by molar-refractivity contribution is 0.0697. The molecule has 2 aliphatic rings. The number of aromatic carboxylic acids is 1. The molecule has 0 unspecified atom stereocenters. The van der Waals surface area contributed by atoms with Gasteiger partial charge in [0.05, 0.1) is 28.3 Å². The number of H-pyrrole nitrogens is 1. The number of piperidine rings is 1. The minimum atomic E-state index is -1.04. The average molecular weight is 711 g/mol. The SMILES string of the molecule is Nc1c(Br)cc(C[C@@H](NC(=O)N2CCC(N3Cc4ccccc4NC3=O)CC2)c2nc3cc(C(=O)O)ccc3[nH]2)cc1Br. The molecule has 1 aromatic heterocycles. The van der Waals surface area contributed by atoms with E-state index in [1.165, 1.54) is 12.1 Å². The fourth-order valence-electron chi connectivity index (χ4n) is 5.67. The number of nitrogen functional groups attached to an aromatic ring is 1. The van der Waals surface area contributed by atoms with E-state index in [1.807, 2.05) is 41.3 Å². The van der Waals surface area contributed by atoms with Crippen LogP contribution >= 0.6 is 31.9 Å². The Hall–Kier alpha value is -4.10. The van der Waals surface area contributed by atoms with Crippen LogP contribution in [0, 0.1) is 0 Å². The first kappa shape index (κ1) is 29.0. The van der Waals surface area contributed by atoms with E-state index in [4.69, 9.17) is 5.73 Å². The maximum atomic E-state index is 13.6. The number of para-hydroxylation sites is 1. The van der Waals surface area contributed by atoms with Gasteiger partial charge in [-0.1, -0.05) is 18.2 Å². The Kier molecular flexibility index (Phi) is 8.01. The van der Waals surface area contributed by atoms with Gasteiger partial charge >= 0.3 is 18.0 Å². The number of carboxylic acids is 1. The third-order valence-electron chi connectivity index (χ3n) is 8.01. The Morgan fingerprint density at radius 1 is 1.09 bits per heavy atom. The van der Waals surface area contributed by atoms with Gasteiger partial charge in [0.2, 0.25) is 0 Å². The number of carboxylic acid groups (broad SMARTS) is 1. The zero-order valence-corrected chi connectivity index (χ0v) is 26.1. The van der Waals surface area contributed by atoms with E-state index in [9.17, 15) is 19.5 Å². The standard InChI is InChI=1S/C30H29Br2N7O4/c31-20-11-16(12-21(32)26(20)33)13-25(27-34-23-6-5-17(28(40)41)14-24(23)35-27)37-29(42)38-9-7-19(8-10-38)39-15-18-3-1-2-4-22(18)36-30(39)43/h1-6,11-12,14,19,25H,7-10,13,15,33H2,(H,34,35)(H,36,43)(H,37,42)(H,40,41)/t25-/m1/s1. The molecule has 2 aliphatic heterocycles. The van der Waals surface area contributed by atoms with Crippen LogP contribution < -0.4 is 16.4 Å². The number of fused-ring (bicyclic) bond motifs is 2. The highest BCUT2D eigenvalue weighted by Crippen LogP contribution is 2.32. The van der Waals surface area contributed by atoms with Crippen molar-refractivity contribution in [2.45, 2.75) is 37.9 Å². The van der Waals surface area contributed by atoms with E-state index >= 15 is 0 Å². The number of urea groups is 2. The molecule has 0 radical (unpaired) electrons. The third-order valence-corrected chi connectivity index (χ3v) is 9.32. The number of aromatic nitrogens is 2. The molecule has 0 bridgehead atoms. The lowest BCUT2D eigenvalue weighted by atomic mass is 10.0. The molecule has 13 heteroatoms. The molecule has 4 amide bonds. The summed E-state index contributed by atoms with van der Waals surface area (Å²) in [6, 6.07) is 15.4. The molecule has 6 rings (SSSR count). The molecule has 0 aliphatic carbocycles. The molecule has 0 spiro atoms. The molecule has 1 fully saturated rings. The first-order valence-corrected chi connectivity index (χ1v) is 15.4. The Morgan fingerprint density at radius 3 is 2.53 bits per heavy atom. The van der Waals surface area contributed by atoms with E-state index in [2.05, 4.69) is 52.5 Å². The van der Waals surface area contributed by atoms with Crippen molar-refractivity contribution >= 4 is 72.3 Å². The van der Waals surface area contributed by atoms with Gasteiger partial charge in [0.15, 0.2) is 0 Å². The number of nitrogens with zero attached hydrogens (tertiary/aromatic N) is 3. The van der Waals surface area contributed by atoms with Crippen LogP contribution in [0.5, 0.6) is 0 Å². The molecular formula is C30H29Br2N7O4. The van der Waals surface area contributed by atoms with Gasteiger partial charge in [-0.25, -0.2) is 19.4 Å². The zero-order chi connectivity index (χ0) is 30.2. The maximum absolute atomic E-state index is 13.6. The Balaban J connectivity index is 1.19. The van der Waals surface area contributed by atoms with Gasteiger partial charge in [0.25, 0.3) is 0 Å². The summed E-state index contributed by atoms with van der Waals surface area (Å²) in [7, 11) is 0. The normalized spacial score (nSPS) is 16.1. The number of imidazole rings is 1. The summed E-state index contributed by atoms with van der Waals surface area (Å²) in [6.07, 6.45) is 1.72. The van der Waals surface area contributed by atoms with Crippen LogP contribution in [0.4, 0.5) is 21.0 Å². The predicted molar refractivity (Wildman–Crippen MR) is 170 cm³/mol. The average Bonchev–Trinajstić information content (AvgIpc) is 3.43. The quantitative estimate of drug-likeness (QED) is 0.158. The highest BCUT2D eigenvalue weighted by atomic mass is 79.9. The number of likely N-dealkylation sites (tertiary alicyclic amines) is 1. The largest absolute Gasteiger partial charge is 0.478 e. The number of halogens is 2. The van der Waals surface area contributed by atoms with Gasteiger partial charge < -0.3 is 36.3 Å². The lowest BCUT2D eigenvalue weighted by Gasteiger charge is -2.40. The molecule has 4 aromatic rings. The fraction of sp³-hybridized carbons (Fsp3) is 0.267. The Morgan fingerprint density at radius 2 is 1.81 bits per heavy atom. The zero-order valence-electron chi connectivity index (χ0n) is 22.9. The summed E-state index contributed by atoms with van der Waals surface area (Å²) < 4.78 is 1.45. The number of rotatable bonds is 6. The second-order valence-electron chi connectivity index (χ2n) is 10.8. The van der Waals surface area contributed by atoms with Crippen molar-refractivity contribution in [3.8, 4) is 0 Å². The Bertz CT molecular complexity index is 1710. The number of aromatic amines is 1. The monoisotopic (exact) mass is 709 g/mol. The number of nitrogens with two attached hydrogens (primary N) is 1. The van der Waals surface area contributed by atoms with Gasteiger partial charge in [-0.15, -0.1) is 0 Å². The topological polar surface area (TPSA) is 157 Å². The second-order valence-corrected chi connectivity index (χ2v) is 12.5. The molecule has 6 N–H and O–H groups in total. The number of nitrogens with one attached hydrogen (secondary N) is 3. The van der Waals surface area contributed by atoms with Gasteiger partial charge in [0.1, 0.15) is 5.82 Å². The molecule has 11 nitrogen and oxygen atoms in total. The van der Waals surface area contributed by atoms with Gasteiger partial charge in [-0.2, -0.15) is 0 Å². The van der Waals surface area contributed by atoms with Crippen LogP contribution in [0.15, 0.2) is 63.5 Å². The fourth-order valence-corrected chi connectivity index (χ4v) is 6.95. The van der Waals surface area contributed by atoms with Crippen molar-refractivity contribution in [1.82, 2.24) is 25.1 Å². The molecule has 3 aromatic carbocycles. The molecule has 3 heterocycles. The van der Waals surface area contributed by atoms with E-state index in [0.29, 0.717) is 61.4 Å². The molecule has 0 saturated carbocycles. The van der Waals surface area contributed by atoms with Crippen LogP contribution in [-0.2, 0) is 13.0 Å². The highest BCUT2D eigenvalue weighted by molar-refractivity contribution is 9.11. The van der Waals surface area contributed by atoms with Crippen molar-refractivity contribution in [3.05, 3.63) is 86.1 Å². The van der Waals surface area contributed by atoms with Crippen LogP contribution in [0.3, 0.4) is 0 Å². The summed E-state index contributed by atoms with van der Waals surface area (Å²) in [5.41, 5.74) is 10.8. The van der Waals surface area contributed by atoms with E-state index in [0.717, 1.165) is 25.8 Å². The predicted octanol–water partition coefficient (Wildman–Crippen LogP) is 5.87. The van der Waals surface area contributed by atoms with Crippen LogP contribution in [0.25, 0.3) is 11.0 Å². The number of carbonyl (C=O) groups excluding carboxylic acids is 2. The first-order valence-electron chi connectivity index (χ1n) is 13.8. The highest BCUT2D eigenvalue weighted by Gasteiger charge is 2.33. The summed E-state index contributed by atoms with van der Waals surface area (Å²) >= 11 is 6.99. The van der Waals surface area contributed by atoms with Crippen molar-refractivity contribution in [2.24, 2.45) is 0 Å². The number of benzene rings is 3. The molecular weight excluding hydrogens is 682 g/mol. The summed E-state index contributed by atoms with van der Waals surface area (Å²) in [4.78, 5) is 49.4. The van der Waals surface area contributed by atoms with Crippen LogP contribution in [0.1, 0.15) is 46.2 Å². The second kappa shape index (κ2) is 11.9. The molecule has 1 atom stereocenters. The van der Waals surface area contributed by atoms with Crippen molar-refractivity contribution in [2.75, 3.05) is 24.1 Å². The van der Waals surface area contributed by atoms with Crippen molar-refractivity contribution in [3.63, 3.8) is 0 Å². The first-order chi connectivity index (χ1) is 20.7. The van der Waals surface area contributed by atoms with Crippen LogP contribution in [-0.4, -0.2) is 62.0 Å². The third kappa shape index (κ3) is 6.04. The number of hydrogen-bond acceptors (Lipinski definition) is 5. The van der Waals surface area contributed by atoms with Crippen molar-refractivity contribution in [1.29, 1.82) is 0 Å². The number of carbonyl (C=O) groups is 3. The molecule has 1 saturated heterocycles. The Labute approximate surface area is 264 Å². The van der Waals surface area contributed by atoms with Gasteiger partial charge in [-0.3, -0.25) is 0 Å².